The molecule has 20 heavy (non-hydrogen) atoms. The molecule has 1 atom stereocenters. The van der Waals surface area contributed by atoms with Gasteiger partial charge in [0.15, 0.2) is 0 Å². The summed E-state index contributed by atoms with van der Waals surface area (Å²) in [4.78, 5) is 6.78. The molecule has 1 aliphatic heterocycles. The van der Waals surface area contributed by atoms with Crippen LogP contribution in [-0.4, -0.2) is 16.4 Å². The predicted molar refractivity (Wildman–Crippen MR) is 81.5 cm³/mol. The molecule has 1 aliphatic rings. The first-order valence-corrected chi connectivity index (χ1v) is 7.20. The molecule has 2 heterocycles. The third kappa shape index (κ3) is 2.33. The summed E-state index contributed by atoms with van der Waals surface area (Å²) in [5.41, 5.74) is 10.9. The summed E-state index contributed by atoms with van der Waals surface area (Å²) < 4.78 is 0. The summed E-state index contributed by atoms with van der Waals surface area (Å²) in [6, 6.07) is 10.3. The fourth-order valence-corrected chi connectivity index (χ4v) is 3.10. The van der Waals surface area contributed by atoms with Crippen molar-refractivity contribution in [2.24, 2.45) is 5.73 Å². The zero-order chi connectivity index (χ0) is 14.1. The Labute approximate surface area is 124 Å². The average molecular weight is 288 g/mol. The van der Waals surface area contributed by atoms with Gasteiger partial charge in [0, 0.05) is 36.9 Å². The van der Waals surface area contributed by atoms with Crippen molar-refractivity contribution in [2.45, 2.75) is 26.1 Å². The molecule has 1 unspecified atom stereocenters. The van der Waals surface area contributed by atoms with Crippen LogP contribution < -0.4 is 5.73 Å². The number of hydrogen-bond donors (Lipinski definition) is 1. The molecule has 0 saturated heterocycles. The number of benzene rings is 1. The number of aromatic nitrogens is 1. The zero-order valence-electron chi connectivity index (χ0n) is 11.5. The van der Waals surface area contributed by atoms with Crippen LogP contribution in [0.2, 0.25) is 5.02 Å². The molecule has 3 rings (SSSR count). The van der Waals surface area contributed by atoms with Crippen LogP contribution >= 0.6 is 11.6 Å². The Morgan fingerprint density at radius 3 is 2.90 bits per heavy atom. The largest absolute Gasteiger partial charge is 0.329 e. The highest BCUT2D eigenvalue weighted by atomic mass is 35.5. The van der Waals surface area contributed by atoms with Gasteiger partial charge in [0.1, 0.15) is 0 Å². The van der Waals surface area contributed by atoms with E-state index in [0.717, 1.165) is 23.8 Å². The molecule has 0 aliphatic carbocycles. The molecule has 0 amide bonds. The Balaban J connectivity index is 1.90. The summed E-state index contributed by atoms with van der Waals surface area (Å²) >= 11 is 6.23. The van der Waals surface area contributed by atoms with E-state index in [1.165, 1.54) is 16.7 Å². The van der Waals surface area contributed by atoms with E-state index in [9.17, 15) is 0 Å². The van der Waals surface area contributed by atoms with Crippen molar-refractivity contribution in [3.8, 4) is 0 Å². The molecule has 0 fully saturated rings. The molecule has 1 aromatic carbocycles. The first kappa shape index (κ1) is 13.6. The lowest BCUT2D eigenvalue weighted by Gasteiger charge is -2.23. The standard InChI is InChI=1S/C16H18ClN3/c1-11-14-10-20(9-12-4-2-3-7-19-12)16(8-18)13(14)5-6-15(11)17/h2-7,16H,8-10,18H2,1H3. The van der Waals surface area contributed by atoms with Gasteiger partial charge in [-0.25, -0.2) is 0 Å². The fraction of sp³-hybridized carbons (Fsp3) is 0.312. The topological polar surface area (TPSA) is 42.2 Å². The Bertz CT molecular complexity index is 613. The third-order valence-electron chi connectivity index (χ3n) is 4.04. The summed E-state index contributed by atoms with van der Waals surface area (Å²) in [5, 5.41) is 0.833. The van der Waals surface area contributed by atoms with Crippen molar-refractivity contribution in [1.82, 2.24) is 9.88 Å². The molecule has 0 bridgehead atoms. The van der Waals surface area contributed by atoms with Crippen LogP contribution in [0.15, 0.2) is 36.5 Å². The van der Waals surface area contributed by atoms with Crippen LogP contribution in [0.1, 0.15) is 28.4 Å². The van der Waals surface area contributed by atoms with Crippen molar-refractivity contribution >= 4 is 11.6 Å². The maximum absolute atomic E-state index is 6.23. The molecule has 0 radical (unpaired) electrons. The van der Waals surface area contributed by atoms with E-state index in [2.05, 4.69) is 28.9 Å². The second-order valence-electron chi connectivity index (χ2n) is 5.22. The van der Waals surface area contributed by atoms with E-state index in [1.54, 1.807) is 0 Å². The van der Waals surface area contributed by atoms with Gasteiger partial charge < -0.3 is 5.73 Å². The number of nitrogens with two attached hydrogens (primary N) is 1. The van der Waals surface area contributed by atoms with Gasteiger partial charge in [-0.2, -0.15) is 0 Å². The molecule has 2 aromatic rings. The second-order valence-corrected chi connectivity index (χ2v) is 5.62. The van der Waals surface area contributed by atoms with E-state index in [1.807, 2.05) is 24.4 Å². The van der Waals surface area contributed by atoms with Crippen molar-refractivity contribution in [3.05, 3.63) is 63.9 Å². The summed E-state index contributed by atoms with van der Waals surface area (Å²) in [5.74, 6) is 0. The number of fused-ring (bicyclic) bond motifs is 1. The third-order valence-corrected chi connectivity index (χ3v) is 4.45. The van der Waals surface area contributed by atoms with Gasteiger partial charge in [0.05, 0.1) is 5.69 Å². The number of rotatable bonds is 3. The minimum Gasteiger partial charge on any atom is -0.329 e. The lowest BCUT2D eigenvalue weighted by atomic mass is 10.0. The lowest BCUT2D eigenvalue weighted by Crippen LogP contribution is -2.27. The minimum absolute atomic E-state index is 0.253. The second kappa shape index (κ2) is 5.52. The Kier molecular flexibility index (Phi) is 3.74. The van der Waals surface area contributed by atoms with E-state index < -0.39 is 0 Å². The van der Waals surface area contributed by atoms with Gasteiger partial charge in [-0.3, -0.25) is 9.88 Å². The van der Waals surface area contributed by atoms with E-state index >= 15 is 0 Å². The highest BCUT2D eigenvalue weighted by Gasteiger charge is 2.30. The fourth-order valence-electron chi connectivity index (χ4n) is 2.92. The van der Waals surface area contributed by atoms with Gasteiger partial charge in [-0.1, -0.05) is 23.7 Å². The molecule has 1 aromatic heterocycles. The molecule has 2 N–H and O–H groups in total. The Morgan fingerprint density at radius 2 is 2.20 bits per heavy atom. The van der Waals surface area contributed by atoms with Crippen LogP contribution in [0.5, 0.6) is 0 Å². The monoisotopic (exact) mass is 287 g/mol. The quantitative estimate of drug-likeness (QED) is 0.943. The number of halogens is 1. The average Bonchev–Trinajstić information content (AvgIpc) is 2.82. The van der Waals surface area contributed by atoms with Crippen molar-refractivity contribution < 1.29 is 0 Å². The van der Waals surface area contributed by atoms with Crippen LogP contribution in [-0.2, 0) is 13.1 Å². The number of nitrogens with zero attached hydrogens (tertiary/aromatic N) is 2. The number of hydrogen-bond acceptors (Lipinski definition) is 3. The molecular weight excluding hydrogens is 270 g/mol. The first-order valence-electron chi connectivity index (χ1n) is 6.82. The highest BCUT2D eigenvalue weighted by Crippen LogP contribution is 2.37. The highest BCUT2D eigenvalue weighted by molar-refractivity contribution is 6.31. The minimum atomic E-state index is 0.253. The Morgan fingerprint density at radius 1 is 1.35 bits per heavy atom. The van der Waals surface area contributed by atoms with Gasteiger partial charge in [0.2, 0.25) is 0 Å². The van der Waals surface area contributed by atoms with Gasteiger partial charge in [0.25, 0.3) is 0 Å². The van der Waals surface area contributed by atoms with Crippen LogP contribution in [0, 0.1) is 6.92 Å². The predicted octanol–water partition coefficient (Wildman–Crippen LogP) is 3.06. The van der Waals surface area contributed by atoms with Crippen molar-refractivity contribution in [1.29, 1.82) is 0 Å². The van der Waals surface area contributed by atoms with Crippen LogP contribution in [0.3, 0.4) is 0 Å². The molecule has 0 spiro atoms. The molecule has 3 nitrogen and oxygen atoms in total. The maximum Gasteiger partial charge on any atom is 0.0544 e. The number of pyridine rings is 1. The molecule has 104 valence electrons. The lowest BCUT2D eigenvalue weighted by molar-refractivity contribution is 0.208. The Hall–Kier alpha value is -1.42. The van der Waals surface area contributed by atoms with Gasteiger partial charge >= 0.3 is 0 Å². The van der Waals surface area contributed by atoms with Crippen molar-refractivity contribution in [2.75, 3.05) is 6.54 Å². The van der Waals surface area contributed by atoms with E-state index in [-0.39, 0.29) is 6.04 Å². The molecular formula is C16H18ClN3. The van der Waals surface area contributed by atoms with Crippen molar-refractivity contribution in [3.63, 3.8) is 0 Å². The van der Waals surface area contributed by atoms with Gasteiger partial charge in [-0.15, -0.1) is 0 Å². The van der Waals surface area contributed by atoms with Gasteiger partial charge in [-0.05, 0) is 41.8 Å². The molecule has 0 saturated carbocycles. The smallest absolute Gasteiger partial charge is 0.0544 e. The van der Waals surface area contributed by atoms with Crippen LogP contribution in [0.4, 0.5) is 0 Å². The first-order chi connectivity index (χ1) is 9.70. The molecule has 4 heteroatoms. The normalized spacial score (nSPS) is 18.2. The van der Waals surface area contributed by atoms with E-state index in [4.69, 9.17) is 17.3 Å². The summed E-state index contributed by atoms with van der Waals surface area (Å²) in [6.45, 7) is 4.40. The SMILES string of the molecule is Cc1c(Cl)ccc2c1CN(Cc1ccccn1)C2CN. The summed E-state index contributed by atoms with van der Waals surface area (Å²) in [7, 11) is 0. The van der Waals surface area contributed by atoms with E-state index in [0.29, 0.717) is 6.54 Å². The maximum atomic E-state index is 6.23. The van der Waals surface area contributed by atoms with Crippen LogP contribution in [0.25, 0.3) is 0 Å². The zero-order valence-corrected chi connectivity index (χ0v) is 12.3. The summed E-state index contributed by atoms with van der Waals surface area (Å²) in [6.07, 6.45) is 1.83.